The van der Waals surface area contributed by atoms with E-state index in [9.17, 15) is 19.5 Å². The van der Waals surface area contributed by atoms with E-state index in [1.807, 2.05) is 11.8 Å². The lowest BCUT2D eigenvalue weighted by Gasteiger charge is -2.37. The normalized spacial score (nSPS) is 27.2. The molecule has 2 fully saturated rings. The van der Waals surface area contributed by atoms with E-state index in [0.29, 0.717) is 19.5 Å². The lowest BCUT2D eigenvalue weighted by Crippen LogP contribution is -2.55. The van der Waals surface area contributed by atoms with Crippen molar-refractivity contribution in [3.8, 4) is 0 Å². The van der Waals surface area contributed by atoms with Crippen LogP contribution in [0.2, 0.25) is 0 Å². The van der Waals surface area contributed by atoms with E-state index in [-0.39, 0.29) is 17.9 Å². The first-order chi connectivity index (χ1) is 11.4. The van der Waals surface area contributed by atoms with Crippen molar-refractivity contribution in [2.45, 2.75) is 64.5 Å². The third-order valence-electron chi connectivity index (χ3n) is 5.14. The number of urea groups is 1. The Bertz CT molecular complexity index is 476. The Morgan fingerprint density at radius 1 is 1.12 bits per heavy atom. The predicted molar refractivity (Wildman–Crippen MR) is 89.5 cm³/mol. The summed E-state index contributed by atoms with van der Waals surface area (Å²) in [5.41, 5.74) is 0. The number of nitrogens with zero attached hydrogens (tertiary/aromatic N) is 1. The number of aliphatic carboxylic acids is 1. The van der Waals surface area contributed by atoms with Crippen LogP contribution in [0.15, 0.2) is 0 Å². The van der Waals surface area contributed by atoms with Gasteiger partial charge in [-0.1, -0.05) is 26.2 Å². The van der Waals surface area contributed by atoms with Crippen LogP contribution in [-0.4, -0.2) is 53.1 Å². The molecule has 0 radical (unpaired) electrons. The van der Waals surface area contributed by atoms with E-state index < -0.39 is 24.0 Å². The fourth-order valence-corrected chi connectivity index (χ4v) is 3.74. The van der Waals surface area contributed by atoms with Gasteiger partial charge in [0.2, 0.25) is 5.91 Å². The van der Waals surface area contributed by atoms with Crippen molar-refractivity contribution < 1.29 is 19.5 Å². The number of carbonyl (C=O) groups is 3. The number of hydrogen-bond donors (Lipinski definition) is 3. The summed E-state index contributed by atoms with van der Waals surface area (Å²) in [5, 5.41) is 14.5. The van der Waals surface area contributed by atoms with Gasteiger partial charge in [0.05, 0.1) is 12.0 Å². The first-order valence-corrected chi connectivity index (χ1v) is 8.95. The van der Waals surface area contributed by atoms with Crippen LogP contribution in [0.5, 0.6) is 0 Å². The number of amides is 3. The van der Waals surface area contributed by atoms with Gasteiger partial charge < -0.3 is 10.4 Å². The molecule has 24 heavy (non-hydrogen) atoms. The molecule has 2 aliphatic rings. The van der Waals surface area contributed by atoms with Gasteiger partial charge in [0.15, 0.2) is 0 Å². The van der Waals surface area contributed by atoms with Gasteiger partial charge in [-0.15, -0.1) is 0 Å². The second-order valence-electron chi connectivity index (χ2n) is 7.30. The summed E-state index contributed by atoms with van der Waals surface area (Å²) < 4.78 is 0. The number of carbonyl (C=O) groups excluding carboxylic acids is 2. The first-order valence-electron chi connectivity index (χ1n) is 8.95. The molecular formula is C17H29N3O4. The average Bonchev–Trinajstić information content (AvgIpc) is 2.54. The highest BCUT2D eigenvalue weighted by Gasteiger charge is 2.34. The maximum absolute atomic E-state index is 12.3. The molecule has 3 N–H and O–H groups in total. The number of likely N-dealkylation sites (tertiary alicyclic amines) is 1. The van der Waals surface area contributed by atoms with Crippen LogP contribution in [0, 0.1) is 11.8 Å². The minimum Gasteiger partial charge on any atom is -0.481 e. The second kappa shape index (κ2) is 8.46. The highest BCUT2D eigenvalue weighted by atomic mass is 16.4. The SMILES string of the molecule is CC1CC(C(=O)O)CN(C(C)C(=O)NC(=O)NC2CCCCC2)C1. The third-order valence-corrected chi connectivity index (χ3v) is 5.14. The number of carboxylic acid groups (broad SMARTS) is 1. The van der Waals surface area contributed by atoms with Crippen LogP contribution in [0.25, 0.3) is 0 Å². The molecule has 0 spiro atoms. The smallest absolute Gasteiger partial charge is 0.321 e. The summed E-state index contributed by atoms with van der Waals surface area (Å²) >= 11 is 0. The minimum atomic E-state index is -0.825. The Balaban J connectivity index is 1.84. The molecular weight excluding hydrogens is 310 g/mol. The Morgan fingerprint density at radius 2 is 1.79 bits per heavy atom. The van der Waals surface area contributed by atoms with Crippen LogP contribution in [0.1, 0.15) is 52.4 Å². The molecule has 136 valence electrons. The van der Waals surface area contributed by atoms with E-state index in [4.69, 9.17) is 0 Å². The lowest BCUT2D eigenvalue weighted by atomic mass is 9.89. The lowest BCUT2D eigenvalue weighted by molar-refractivity contribution is -0.145. The molecule has 3 amide bonds. The zero-order valence-electron chi connectivity index (χ0n) is 14.6. The molecule has 1 aliphatic carbocycles. The van der Waals surface area contributed by atoms with E-state index in [1.54, 1.807) is 6.92 Å². The second-order valence-corrected chi connectivity index (χ2v) is 7.30. The quantitative estimate of drug-likeness (QED) is 0.722. The Hall–Kier alpha value is -1.63. The number of imide groups is 1. The average molecular weight is 339 g/mol. The fourth-order valence-electron chi connectivity index (χ4n) is 3.74. The van der Waals surface area contributed by atoms with Crippen molar-refractivity contribution in [1.82, 2.24) is 15.5 Å². The molecule has 0 aromatic heterocycles. The van der Waals surface area contributed by atoms with E-state index in [1.165, 1.54) is 6.42 Å². The summed E-state index contributed by atoms with van der Waals surface area (Å²) in [6, 6.07) is -0.821. The minimum absolute atomic E-state index is 0.147. The maximum atomic E-state index is 12.3. The van der Waals surface area contributed by atoms with Gasteiger partial charge in [-0.3, -0.25) is 19.8 Å². The van der Waals surface area contributed by atoms with E-state index in [0.717, 1.165) is 25.7 Å². The summed E-state index contributed by atoms with van der Waals surface area (Å²) in [6.07, 6.45) is 5.97. The molecule has 1 saturated heterocycles. The fraction of sp³-hybridized carbons (Fsp3) is 0.824. The summed E-state index contributed by atoms with van der Waals surface area (Å²) in [4.78, 5) is 37.4. The van der Waals surface area contributed by atoms with Crippen molar-refractivity contribution in [2.24, 2.45) is 11.8 Å². The van der Waals surface area contributed by atoms with Crippen molar-refractivity contribution >= 4 is 17.9 Å². The van der Waals surface area contributed by atoms with Crippen LogP contribution in [0.4, 0.5) is 4.79 Å². The zero-order chi connectivity index (χ0) is 17.7. The molecule has 1 saturated carbocycles. The van der Waals surface area contributed by atoms with Crippen LogP contribution < -0.4 is 10.6 Å². The van der Waals surface area contributed by atoms with Crippen LogP contribution in [0.3, 0.4) is 0 Å². The topological polar surface area (TPSA) is 98.7 Å². The molecule has 7 nitrogen and oxygen atoms in total. The number of piperidine rings is 1. The van der Waals surface area contributed by atoms with Crippen molar-refractivity contribution in [3.05, 3.63) is 0 Å². The Labute approximate surface area is 143 Å². The molecule has 7 heteroatoms. The standard InChI is InChI=1S/C17H29N3O4/c1-11-8-13(16(22)23)10-20(9-11)12(2)15(21)19-17(24)18-14-6-4-3-5-7-14/h11-14H,3-10H2,1-2H3,(H,22,23)(H2,18,19,21,24). The molecule has 3 atom stereocenters. The molecule has 0 bridgehead atoms. The van der Waals surface area contributed by atoms with Gasteiger partial charge in [-0.2, -0.15) is 0 Å². The highest BCUT2D eigenvalue weighted by molar-refractivity contribution is 5.96. The molecule has 0 aromatic rings. The Morgan fingerprint density at radius 3 is 2.42 bits per heavy atom. The van der Waals surface area contributed by atoms with Crippen LogP contribution in [-0.2, 0) is 9.59 Å². The van der Waals surface area contributed by atoms with Crippen molar-refractivity contribution in [3.63, 3.8) is 0 Å². The number of rotatable bonds is 4. The highest BCUT2D eigenvalue weighted by Crippen LogP contribution is 2.23. The molecule has 1 aliphatic heterocycles. The number of nitrogens with one attached hydrogen (secondary N) is 2. The third kappa shape index (κ3) is 5.19. The monoisotopic (exact) mass is 339 g/mol. The number of hydrogen-bond acceptors (Lipinski definition) is 4. The van der Waals surface area contributed by atoms with Gasteiger partial charge in [-0.25, -0.2) is 4.79 Å². The largest absolute Gasteiger partial charge is 0.481 e. The van der Waals surface area contributed by atoms with Gasteiger partial charge in [0.1, 0.15) is 0 Å². The summed E-state index contributed by atoms with van der Waals surface area (Å²) in [5.74, 6) is -1.44. The Kier molecular flexibility index (Phi) is 6.60. The summed E-state index contributed by atoms with van der Waals surface area (Å²) in [6.45, 7) is 4.73. The van der Waals surface area contributed by atoms with Crippen LogP contribution >= 0.6 is 0 Å². The van der Waals surface area contributed by atoms with Gasteiger partial charge in [-0.05, 0) is 32.1 Å². The van der Waals surface area contributed by atoms with Gasteiger partial charge in [0, 0.05) is 19.1 Å². The predicted octanol–water partition coefficient (Wildman–Crippen LogP) is 1.58. The number of carboxylic acids is 1. The van der Waals surface area contributed by atoms with Crippen molar-refractivity contribution in [2.75, 3.05) is 13.1 Å². The first kappa shape index (κ1) is 18.7. The van der Waals surface area contributed by atoms with Gasteiger partial charge in [0.25, 0.3) is 0 Å². The molecule has 3 unspecified atom stereocenters. The molecule has 0 aromatic carbocycles. The van der Waals surface area contributed by atoms with Gasteiger partial charge >= 0.3 is 12.0 Å². The van der Waals surface area contributed by atoms with E-state index >= 15 is 0 Å². The maximum Gasteiger partial charge on any atom is 0.321 e. The molecule has 2 rings (SSSR count). The van der Waals surface area contributed by atoms with Crippen molar-refractivity contribution in [1.29, 1.82) is 0 Å². The summed E-state index contributed by atoms with van der Waals surface area (Å²) in [7, 11) is 0. The molecule has 1 heterocycles. The van der Waals surface area contributed by atoms with E-state index in [2.05, 4.69) is 10.6 Å². The zero-order valence-corrected chi connectivity index (χ0v) is 14.6.